The number of anilines is 1. The molecule has 0 unspecified atom stereocenters. The molecule has 0 radical (unpaired) electrons. The van der Waals surface area contributed by atoms with Crippen molar-refractivity contribution in [3.63, 3.8) is 0 Å². The first-order chi connectivity index (χ1) is 9.43. The van der Waals surface area contributed by atoms with Gasteiger partial charge in [-0.05, 0) is 30.3 Å². The molecule has 1 aromatic heterocycles. The van der Waals surface area contributed by atoms with Crippen LogP contribution in [-0.4, -0.2) is 28.1 Å². The highest BCUT2D eigenvalue weighted by molar-refractivity contribution is 7.92. The summed E-state index contributed by atoms with van der Waals surface area (Å²) in [6.07, 6.45) is 1.63. The normalized spacial score (nSPS) is 11.1. The summed E-state index contributed by atoms with van der Waals surface area (Å²) < 4.78 is 35.6. The second kappa shape index (κ2) is 5.38. The van der Waals surface area contributed by atoms with Crippen LogP contribution in [-0.2, 0) is 10.0 Å². The Hall–Kier alpha value is -2.28. The van der Waals surface area contributed by atoms with Crippen LogP contribution in [0, 0.1) is 0 Å². The lowest BCUT2D eigenvalue weighted by atomic mass is 10.1. The second-order valence-corrected chi connectivity index (χ2v) is 5.85. The molecule has 7 heteroatoms. The predicted molar refractivity (Wildman–Crippen MR) is 74.6 cm³/mol. The Kier molecular flexibility index (Phi) is 3.80. The fraction of sp³-hybridized carbons (Fsp3) is 0.154. The van der Waals surface area contributed by atoms with Gasteiger partial charge in [0, 0.05) is 5.56 Å². The van der Waals surface area contributed by atoms with Crippen molar-refractivity contribution in [2.75, 3.05) is 18.1 Å². The molecule has 0 aliphatic heterocycles. The van der Waals surface area contributed by atoms with Crippen LogP contribution < -0.4 is 9.46 Å². The SMILES string of the molecule is COc1ccc(NS(C)(=O)=O)c(-c2ccc(C=O)o2)c1. The highest BCUT2D eigenvalue weighted by atomic mass is 32.2. The van der Waals surface area contributed by atoms with Crippen molar-refractivity contribution >= 4 is 22.0 Å². The highest BCUT2D eigenvalue weighted by Gasteiger charge is 2.14. The number of nitrogens with one attached hydrogen (secondary N) is 1. The van der Waals surface area contributed by atoms with Gasteiger partial charge in [-0.2, -0.15) is 0 Å². The van der Waals surface area contributed by atoms with Gasteiger partial charge in [-0.15, -0.1) is 0 Å². The quantitative estimate of drug-likeness (QED) is 0.854. The number of benzene rings is 1. The molecule has 1 N–H and O–H groups in total. The maximum absolute atomic E-state index is 11.4. The number of ether oxygens (including phenoxy) is 1. The van der Waals surface area contributed by atoms with E-state index in [9.17, 15) is 13.2 Å². The Bertz CT molecular complexity index is 733. The van der Waals surface area contributed by atoms with Crippen molar-refractivity contribution in [2.24, 2.45) is 0 Å². The molecular formula is C13H13NO5S. The lowest BCUT2D eigenvalue weighted by Crippen LogP contribution is -2.10. The summed E-state index contributed by atoms with van der Waals surface area (Å²) in [6, 6.07) is 7.91. The molecule has 1 heterocycles. The molecule has 0 fully saturated rings. The average molecular weight is 295 g/mol. The first-order valence-corrected chi connectivity index (χ1v) is 7.53. The van der Waals surface area contributed by atoms with E-state index in [0.29, 0.717) is 29.0 Å². The van der Waals surface area contributed by atoms with E-state index in [2.05, 4.69) is 4.72 Å². The summed E-state index contributed by atoms with van der Waals surface area (Å²) in [5, 5.41) is 0. The fourth-order valence-electron chi connectivity index (χ4n) is 1.70. The molecule has 2 rings (SSSR count). The number of methoxy groups -OCH3 is 1. The van der Waals surface area contributed by atoms with Gasteiger partial charge < -0.3 is 9.15 Å². The monoisotopic (exact) mass is 295 g/mol. The van der Waals surface area contributed by atoms with Crippen LogP contribution >= 0.6 is 0 Å². The Morgan fingerprint density at radius 3 is 2.55 bits per heavy atom. The number of furan rings is 1. The minimum absolute atomic E-state index is 0.160. The van der Waals surface area contributed by atoms with E-state index in [-0.39, 0.29) is 5.76 Å². The number of carbonyl (C=O) groups is 1. The van der Waals surface area contributed by atoms with E-state index in [1.807, 2.05) is 0 Å². The van der Waals surface area contributed by atoms with Crippen LogP contribution in [0.3, 0.4) is 0 Å². The summed E-state index contributed by atoms with van der Waals surface area (Å²) >= 11 is 0. The zero-order valence-electron chi connectivity index (χ0n) is 10.9. The third-order valence-corrected chi connectivity index (χ3v) is 3.12. The molecule has 0 aliphatic carbocycles. The first kappa shape index (κ1) is 14.1. The van der Waals surface area contributed by atoms with Crippen molar-refractivity contribution in [2.45, 2.75) is 0 Å². The predicted octanol–water partition coefficient (Wildman–Crippen LogP) is 2.14. The van der Waals surface area contributed by atoms with Gasteiger partial charge in [0.05, 0.1) is 19.1 Å². The van der Waals surface area contributed by atoms with Gasteiger partial charge in [-0.3, -0.25) is 9.52 Å². The largest absolute Gasteiger partial charge is 0.497 e. The minimum Gasteiger partial charge on any atom is -0.497 e. The summed E-state index contributed by atoms with van der Waals surface area (Å²) in [6.45, 7) is 0. The maximum Gasteiger partial charge on any atom is 0.229 e. The van der Waals surface area contributed by atoms with E-state index in [0.717, 1.165) is 6.26 Å². The number of hydrogen-bond acceptors (Lipinski definition) is 5. The van der Waals surface area contributed by atoms with E-state index in [1.165, 1.54) is 13.2 Å². The van der Waals surface area contributed by atoms with E-state index in [1.54, 1.807) is 24.3 Å². The minimum atomic E-state index is -3.43. The van der Waals surface area contributed by atoms with Crippen LogP contribution in [0.2, 0.25) is 0 Å². The van der Waals surface area contributed by atoms with Gasteiger partial charge in [-0.1, -0.05) is 0 Å². The van der Waals surface area contributed by atoms with Gasteiger partial charge in [0.25, 0.3) is 0 Å². The van der Waals surface area contributed by atoms with Gasteiger partial charge in [0.2, 0.25) is 10.0 Å². The van der Waals surface area contributed by atoms with Gasteiger partial charge in [0.15, 0.2) is 12.0 Å². The van der Waals surface area contributed by atoms with Crippen molar-refractivity contribution in [3.8, 4) is 17.1 Å². The van der Waals surface area contributed by atoms with Crippen molar-refractivity contribution in [1.82, 2.24) is 0 Å². The molecule has 106 valence electrons. The zero-order valence-corrected chi connectivity index (χ0v) is 11.7. The third kappa shape index (κ3) is 3.18. The smallest absolute Gasteiger partial charge is 0.229 e. The van der Waals surface area contributed by atoms with E-state index >= 15 is 0 Å². The fourth-order valence-corrected chi connectivity index (χ4v) is 2.28. The van der Waals surface area contributed by atoms with Crippen molar-refractivity contribution in [1.29, 1.82) is 0 Å². The molecule has 0 atom stereocenters. The standard InChI is InChI=1S/C13H13NO5S/c1-18-9-3-5-12(14-20(2,16)17)11(7-9)13-6-4-10(8-15)19-13/h3-8,14H,1-2H3. The zero-order chi connectivity index (χ0) is 14.8. The molecule has 0 bridgehead atoms. The second-order valence-electron chi connectivity index (χ2n) is 4.11. The Labute approximate surface area is 116 Å². The molecule has 20 heavy (non-hydrogen) atoms. The number of carbonyl (C=O) groups excluding carboxylic acids is 1. The molecule has 0 saturated carbocycles. The van der Waals surface area contributed by atoms with Crippen LogP contribution in [0.1, 0.15) is 10.6 Å². The molecule has 0 amide bonds. The molecule has 6 nitrogen and oxygen atoms in total. The van der Waals surface area contributed by atoms with Gasteiger partial charge in [0.1, 0.15) is 11.5 Å². The summed E-state index contributed by atoms with van der Waals surface area (Å²) in [7, 11) is -1.93. The van der Waals surface area contributed by atoms with Gasteiger partial charge in [-0.25, -0.2) is 8.42 Å². The van der Waals surface area contributed by atoms with Gasteiger partial charge >= 0.3 is 0 Å². The maximum atomic E-state index is 11.4. The summed E-state index contributed by atoms with van der Waals surface area (Å²) in [4.78, 5) is 10.7. The molecule has 1 aromatic carbocycles. The highest BCUT2D eigenvalue weighted by Crippen LogP contribution is 2.33. The number of hydrogen-bond donors (Lipinski definition) is 1. The Balaban J connectivity index is 2.54. The van der Waals surface area contributed by atoms with Crippen LogP contribution in [0.25, 0.3) is 11.3 Å². The lowest BCUT2D eigenvalue weighted by molar-refractivity contribution is 0.110. The number of rotatable bonds is 5. The molecule has 0 aliphatic rings. The number of sulfonamides is 1. The Morgan fingerprint density at radius 2 is 2.00 bits per heavy atom. The molecular weight excluding hydrogens is 282 g/mol. The molecule has 0 spiro atoms. The topological polar surface area (TPSA) is 85.6 Å². The molecule has 0 saturated heterocycles. The number of aldehydes is 1. The lowest BCUT2D eigenvalue weighted by Gasteiger charge is -2.10. The summed E-state index contributed by atoms with van der Waals surface area (Å²) in [5.41, 5.74) is 0.836. The first-order valence-electron chi connectivity index (χ1n) is 5.64. The van der Waals surface area contributed by atoms with E-state index in [4.69, 9.17) is 9.15 Å². The average Bonchev–Trinajstić information content (AvgIpc) is 2.86. The summed E-state index contributed by atoms with van der Waals surface area (Å²) in [5.74, 6) is 1.08. The Morgan fingerprint density at radius 1 is 1.25 bits per heavy atom. The molecule has 2 aromatic rings. The van der Waals surface area contributed by atoms with Crippen molar-refractivity contribution in [3.05, 3.63) is 36.1 Å². The van der Waals surface area contributed by atoms with Crippen LogP contribution in [0.15, 0.2) is 34.7 Å². The van der Waals surface area contributed by atoms with E-state index < -0.39 is 10.0 Å². The van der Waals surface area contributed by atoms with Crippen LogP contribution in [0.5, 0.6) is 5.75 Å². The van der Waals surface area contributed by atoms with Crippen LogP contribution in [0.4, 0.5) is 5.69 Å². The van der Waals surface area contributed by atoms with Crippen molar-refractivity contribution < 1.29 is 22.4 Å². The third-order valence-electron chi connectivity index (χ3n) is 2.53.